The van der Waals surface area contributed by atoms with Crippen molar-refractivity contribution in [1.82, 2.24) is 0 Å². The molecular formula is C12H22O3. The van der Waals surface area contributed by atoms with Crippen molar-refractivity contribution in [2.75, 3.05) is 14.2 Å². The average molecular weight is 214 g/mol. The number of carbonyl (C=O) groups excluding carboxylic acids is 1. The Kier molecular flexibility index (Phi) is 16.4. The number of ether oxygens (including phenoxy) is 2. The van der Waals surface area contributed by atoms with E-state index in [0.717, 1.165) is 25.7 Å². The lowest BCUT2D eigenvalue weighted by molar-refractivity contribution is -0.120. The molecule has 0 heterocycles. The first-order valence-electron chi connectivity index (χ1n) is 5.02. The number of hydrogen-bond donors (Lipinski definition) is 0. The molecule has 0 aliphatic heterocycles. The minimum Gasteiger partial charge on any atom is -0.505 e. The monoisotopic (exact) mass is 214 g/mol. The smallest absolute Gasteiger partial charge is 0.132 e. The summed E-state index contributed by atoms with van der Waals surface area (Å²) in [6, 6.07) is 0. The minimum absolute atomic E-state index is 0.464. The maximum atomic E-state index is 10.5. The van der Waals surface area contributed by atoms with Crippen LogP contribution in [0.1, 0.15) is 32.1 Å². The second-order valence-electron chi connectivity index (χ2n) is 2.90. The van der Waals surface area contributed by atoms with Gasteiger partial charge in [-0.2, -0.15) is 0 Å². The van der Waals surface area contributed by atoms with Gasteiger partial charge in [-0.1, -0.05) is 19.6 Å². The van der Waals surface area contributed by atoms with Crippen LogP contribution in [0.5, 0.6) is 0 Å². The maximum Gasteiger partial charge on any atom is 0.132 e. The minimum atomic E-state index is 0.464. The average Bonchev–Trinajstić information content (AvgIpc) is 2.31. The molecule has 0 bridgehead atoms. The third-order valence-corrected chi connectivity index (χ3v) is 1.74. The molecular weight excluding hydrogens is 192 g/mol. The van der Waals surface area contributed by atoms with Crippen LogP contribution >= 0.6 is 0 Å². The van der Waals surface area contributed by atoms with Crippen LogP contribution in [0.2, 0.25) is 0 Å². The van der Waals surface area contributed by atoms with E-state index < -0.39 is 0 Å². The van der Waals surface area contributed by atoms with Gasteiger partial charge in [0.05, 0.1) is 26.7 Å². The first-order chi connectivity index (χ1) is 7.22. The standard InChI is InChI=1S/C6H10O.2C3H6O/c7-6-4-2-1-3-5-6;2*1-3-4-2/h1-5H2;2*3H,1H2,2H3. The number of ketones is 1. The molecule has 3 heteroatoms. The number of Topliss-reactive ketones (excluding diaryl/α,β-unsaturated/α-hetero) is 1. The summed E-state index contributed by atoms with van der Waals surface area (Å²) < 4.78 is 8.61. The molecule has 0 aromatic carbocycles. The van der Waals surface area contributed by atoms with E-state index in [1.54, 1.807) is 14.2 Å². The highest BCUT2D eigenvalue weighted by molar-refractivity contribution is 5.78. The quantitative estimate of drug-likeness (QED) is 0.663. The van der Waals surface area contributed by atoms with E-state index in [1.807, 2.05) is 0 Å². The number of methoxy groups -OCH3 is 2. The number of hydrogen-bond acceptors (Lipinski definition) is 3. The topological polar surface area (TPSA) is 35.5 Å². The van der Waals surface area contributed by atoms with Crippen LogP contribution in [0.15, 0.2) is 25.7 Å². The normalized spacial score (nSPS) is 13.3. The number of carbonyl (C=O) groups is 1. The molecule has 1 aliphatic carbocycles. The van der Waals surface area contributed by atoms with Gasteiger partial charge in [0, 0.05) is 12.8 Å². The molecule has 0 saturated heterocycles. The Bertz CT molecular complexity index is 148. The maximum absolute atomic E-state index is 10.5. The Morgan fingerprint density at radius 3 is 1.47 bits per heavy atom. The highest BCUT2D eigenvalue weighted by atomic mass is 16.5. The SMILES string of the molecule is C=COC.C=COC.O=C1CCCCC1. The summed E-state index contributed by atoms with van der Waals surface area (Å²) in [6.07, 6.45) is 7.99. The third-order valence-electron chi connectivity index (χ3n) is 1.74. The molecule has 0 aromatic rings. The molecule has 3 nitrogen and oxygen atoms in total. The summed E-state index contributed by atoms with van der Waals surface area (Å²) in [5.74, 6) is 0.464. The zero-order chi connectivity index (χ0) is 11.9. The van der Waals surface area contributed by atoms with E-state index in [9.17, 15) is 4.79 Å². The first-order valence-corrected chi connectivity index (χ1v) is 5.02. The molecule has 0 aromatic heterocycles. The Balaban J connectivity index is 0. The van der Waals surface area contributed by atoms with E-state index in [-0.39, 0.29) is 0 Å². The third kappa shape index (κ3) is 19.2. The summed E-state index contributed by atoms with van der Waals surface area (Å²) in [4.78, 5) is 10.5. The van der Waals surface area contributed by atoms with Crippen molar-refractivity contribution in [3.63, 3.8) is 0 Å². The lowest BCUT2D eigenvalue weighted by Gasteiger charge is -2.05. The van der Waals surface area contributed by atoms with Gasteiger partial charge in [0.25, 0.3) is 0 Å². The van der Waals surface area contributed by atoms with Gasteiger partial charge in [-0.05, 0) is 12.8 Å². The highest BCUT2D eigenvalue weighted by Crippen LogP contribution is 2.12. The number of rotatable bonds is 2. The molecule has 1 fully saturated rings. The van der Waals surface area contributed by atoms with E-state index in [2.05, 4.69) is 22.6 Å². The van der Waals surface area contributed by atoms with Gasteiger partial charge < -0.3 is 9.47 Å². The van der Waals surface area contributed by atoms with Gasteiger partial charge in [0.1, 0.15) is 5.78 Å². The summed E-state index contributed by atoms with van der Waals surface area (Å²) in [5, 5.41) is 0. The van der Waals surface area contributed by atoms with Crippen LogP contribution in [-0.4, -0.2) is 20.0 Å². The first kappa shape index (κ1) is 16.2. The lowest BCUT2D eigenvalue weighted by Crippen LogP contribution is -2.02. The van der Waals surface area contributed by atoms with Crippen LogP contribution in [0, 0.1) is 0 Å². The van der Waals surface area contributed by atoms with Crippen molar-refractivity contribution in [3.05, 3.63) is 25.7 Å². The van der Waals surface area contributed by atoms with Crippen LogP contribution in [0.3, 0.4) is 0 Å². The zero-order valence-corrected chi connectivity index (χ0v) is 9.83. The molecule has 0 N–H and O–H groups in total. The zero-order valence-electron chi connectivity index (χ0n) is 9.83. The van der Waals surface area contributed by atoms with Crippen molar-refractivity contribution in [2.24, 2.45) is 0 Å². The largest absolute Gasteiger partial charge is 0.505 e. The van der Waals surface area contributed by atoms with Crippen molar-refractivity contribution in [2.45, 2.75) is 32.1 Å². The molecule has 88 valence electrons. The summed E-state index contributed by atoms with van der Waals surface area (Å²) in [5.41, 5.74) is 0. The predicted molar refractivity (Wildman–Crippen MR) is 62.5 cm³/mol. The van der Waals surface area contributed by atoms with E-state index in [1.165, 1.54) is 18.9 Å². The van der Waals surface area contributed by atoms with Crippen molar-refractivity contribution in [3.8, 4) is 0 Å². The van der Waals surface area contributed by atoms with Crippen molar-refractivity contribution in [1.29, 1.82) is 0 Å². The Hall–Kier alpha value is -1.25. The second-order valence-corrected chi connectivity index (χ2v) is 2.90. The fourth-order valence-electron chi connectivity index (χ4n) is 0.946. The fourth-order valence-corrected chi connectivity index (χ4v) is 0.946. The lowest BCUT2D eigenvalue weighted by atomic mass is 10.00. The van der Waals surface area contributed by atoms with Crippen LogP contribution in [-0.2, 0) is 14.3 Å². The summed E-state index contributed by atoms with van der Waals surface area (Å²) >= 11 is 0. The fraction of sp³-hybridized carbons (Fsp3) is 0.583. The molecule has 1 rings (SSSR count). The van der Waals surface area contributed by atoms with Crippen molar-refractivity contribution < 1.29 is 14.3 Å². The molecule has 0 unspecified atom stereocenters. The van der Waals surface area contributed by atoms with E-state index in [4.69, 9.17) is 0 Å². The molecule has 1 saturated carbocycles. The van der Waals surface area contributed by atoms with Crippen molar-refractivity contribution >= 4 is 5.78 Å². The predicted octanol–water partition coefficient (Wildman–Crippen LogP) is 3.07. The Morgan fingerprint density at radius 1 is 1.00 bits per heavy atom. The molecule has 15 heavy (non-hydrogen) atoms. The molecule has 0 radical (unpaired) electrons. The van der Waals surface area contributed by atoms with E-state index >= 15 is 0 Å². The van der Waals surface area contributed by atoms with Crippen LogP contribution < -0.4 is 0 Å². The molecule has 0 amide bonds. The Morgan fingerprint density at radius 2 is 1.33 bits per heavy atom. The van der Waals surface area contributed by atoms with Gasteiger partial charge in [-0.15, -0.1) is 0 Å². The van der Waals surface area contributed by atoms with Crippen LogP contribution in [0.4, 0.5) is 0 Å². The molecule has 0 spiro atoms. The highest BCUT2D eigenvalue weighted by Gasteiger charge is 2.05. The van der Waals surface area contributed by atoms with Gasteiger partial charge in [0.15, 0.2) is 0 Å². The van der Waals surface area contributed by atoms with Gasteiger partial charge in [0.2, 0.25) is 0 Å². The summed E-state index contributed by atoms with van der Waals surface area (Å²) in [6.45, 7) is 6.51. The molecule has 0 atom stereocenters. The Labute approximate surface area is 92.8 Å². The van der Waals surface area contributed by atoms with Gasteiger partial charge in [-0.3, -0.25) is 4.79 Å². The van der Waals surface area contributed by atoms with Crippen LogP contribution in [0.25, 0.3) is 0 Å². The van der Waals surface area contributed by atoms with Gasteiger partial charge in [-0.25, -0.2) is 0 Å². The summed E-state index contributed by atoms with van der Waals surface area (Å²) in [7, 11) is 3.12. The van der Waals surface area contributed by atoms with Gasteiger partial charge >= 0.3 is 0 Å². The second kappa shape index (κ2) is 15.2. The molecule has 1 aliphatic rings. The van der Waals surface area contributed by atoms with E-state index in [0.29, 0.717) is 5.78 Å².